The molecule has 17 heavy (non-hydrogen) atoms. The molecule has 4 nitrogen and oxygen atoms in total. The van der Waals surface area contributed by atoms with Crippen LogP contribution in [-0.4, -0.2) is 24.4 Å². The van der Waals surface area contributed by atoms with Crippen molar-refractivity contribution in [3.63, 3.8) is 0 Å². The zero-order valence-corrected chi connectivity index (χ0v) is 11.5. The van der Waals surface area contributed by atoms with Gasteiger partial charge in [0.2, 0.25) is 0 Å². The molecule has 3 N–H and O–H groups in total. The van der Waals surface area contributed by atoms with Gasteiger partial charge in [0.25, 0.3) is 5.91 Å². The number of carbonyl (C=O) groups excluding carboxylic acids is 1. The molecule has 0 aliphatic carbocycles. The first-order chi connectivity index (χ1) is 8.04. The van der Waals surface area contributed by atoms with E-state index >= 15 is 0 Å². The van der Waals surface area contributed by atoms with Crippen LogP contribution in [0.2, 0.25) is 0 Å². The SMILES string of the molecule is CC(C)CCN(C)Cc1ccsc1C(=O)NN. The van der Waals surface area contributed by atoms with Gasteiger partial charge in [0, 0.05) is 6.54 Å². The molecule has 1 heterocycles. The molecule has 1 aromatic heterocycles. The molecule has 1 amide bonds. The second kappa shape index (κ2) is 6.74. The van der Waals surface area contributed by atoms with Gasteiger partial charge in [0.1, 0.15) is 0 Å². The van der Waals surface area contributed by atoms with Gasteiger partial charge >= 0.3 is 0 Å². The van der Waals surface area contributed by atoms with Gasteiger partial charge < -0.3 is 4.90 Å². The highest BCUT2D eigenvalue weighted by Gasteiger charge is 2.13. The number of nitrogens with two attached hydrogens (primary N) is 1. The molecule has 96 valence electrons. The summed E-state index contributed by atoms with van der Waals surface area (Å²) in [5.41, 5.74) is 3.23. The summed E-state index contributed by atoms with van der Waals surface area (Å²) in [5, 5.41) is 1.93. The molecule has 0 aliphatic rings. The van der Waals surface area contributed by atoms with E-state index in [-0.39, 0.29) is 5.91 Å². The molecule has 0 aromatic carbocycles. The third kappa shape index (κ3) is 4.46. The number of nitrogens with one attached hydrogen (secondary N) is 1. The van der Waals surface area contributed by atoms with E-state index in [1.807, 2.05) is 11.4 Å². The van der Waals surface area contributed by atoms with Crippen molar-refractivity contribution >= 4 is 17.2 Å². The van der Waals surface area contributed by atoms with Gasteiger partial charge in [0.05, 0.1) is 4.88 Å². The minimum absolute atomic E-state index is 0.202. The first-order valence-electron chi connectivity index (χ1n) is 5.80. The van der Waals surface area contributed by atoms with E-state index < -0.39 is 0 Å². The summed E-state index contributed by atoms with van der Waals surface area (Å²) < 4.78 is 0. The lowest BCUT2D eigenvalue weighted by Crippen LogP contribution is -2.30. The predicted molar refractivity (Wildman–Crippen MR) is 71.8 cm³/mol. The first kappa shape index (κ1) is 14.2. The summed E-state index contributed by atoms with van der Waals surface area (Å²) in [6.45, 7) is 6.26. The van der Waals surface area contributed by atoms with E-state index in [2.05, 4.69) is 31.2 Å². The number of nitrogen functional groups attached to an aromatic ring is 1. The first-order valence-corrected chi connectivity index (χ1v) is 6.68. The van der Waals surface area contributed by atoms with E-state index in [0.29, 0.717) is 10.8 Å². The third-order valence-electron chi connectivity index (χ3n) is 2.61. The summed E-state index contributed by atoms with van der Waals surface area (Å²) in [6, 6.07) is 1.99. The van der Waals surface area contributed by atoms with Gasteiger partial charge in [-0.15, -0.1) is 11.3 Å². The van der Waals surface area contributed by atoms with Crippen molar-refractivity contribution in [2.75, 3.05) is 13.6 Å². The van der Waals surface area contributed by atoms with Crippen molar-refractivity contribution in [2.45, 2.75) is 26.8 Å². The lowest BCUT2D eigenvalue weighted by molar-refractivity contribution is 0.0956. The van der Waals surface area contributed by atoms with E-state index in [0.717, 1.165) is 18.7 Å². The maximum Gasteiger partial charge on any atom is 0.275 e. The number of nitrogens with zero attached hydrogens (tertiary/aromatic N) is 1. The minimum atomic E-state index is -0.202. The number of rotatable bonds is 6. The highest BCUT2D eigenvalue weighted by Crippen LogP contribution is 2.18. The number of hydrogen-bond donors (Lipinski definition) is 2. The van der Waals surface area contributed by atoms with Crippen molar-refractivity contribution < 1.29 is 4.79 Å². The fraction of sp³-hybridized carbons (Fsp3) is 0.583. The van der Waals surface area contributed by atoms with Gasteiger partial charge in [-0.05, 0) is 42.9 Å². The highest BCUT2D eigenvalue weighted by molar-refractivity contribution is 7.12. The molecule has 0 radical (unpaired) electrons. The summed E-state index contributed by atoms with van der Waals surface area (Å²) in [7, 11) is 2.07. The van der Waals surface area contributed by atoms with Crippen LogP contribution in [0.5, 0.6) is 0 Å². The lowest BCUT2D eigenvalue weighted by atomic mass is 10.1. The molecule has 1 rings (SSSR count). The second-order valence-electron chi connectivity index (χ2n) is 4.67. The lowest BCUT2D eigenvalue weighted by Gasteiger charge is -2.17. The molecule has 0 unspecified atom stereocenters. The molecule has 1 aromatic rings. The number of thiophene rings is 1. The molecular formula is C12H21N3OS. The zero-order chi connectivity index (χ0) is 12.8. The number of carbonyl (C=O) groups is 1. The Kier molecular flexibility index (Phi) is 5.61. The average Bonchev–Trinajstić information content (AvgIpc) is 2.73. The molecule has 0 fully saturated rings. The smallest absolute Gasteiger partial charge is 0.275 e. The third-order valence-corrected chi connectivity index (χ3v) is 3.57. The molecular weight excluding hydrogens is 234 g/mol. The van der Waals surface area contributed by atoms with Crippen molar-refractivity contribution in [1.82, 2.24) is 10.3 Å². The van der Waals surface area contributed by atoms with Crippen LogP contribution in [0.15, 0.2) is 11.4 Å². The van der Waals surface area contributed by atoms with Gasteiger partial charge in [-0.25, -0.2) is 5.84 Å². The van der Waals surface area contributed by atoms with Crippen molar-refractivity contribution in [3.05, 3.63) is 21.9 Å². The van der Waals surface area contributed by atoms with Crippen molar-refractivity contribution in [3.8, 4) is 0 Å². The highest BCUT2D eigenvalue weighted by atomic mass is 32.1. The largest absolute Gasteiger partial charge is 0.302 e. The number of hydrazine groups is 1. The number of amides is 1. The van der Waals surface area contributed by atoms with E-state index in [1.54, 1.807) is 0 Å². The van der Waals surface area contributed by atoms with Crippen LogP contribution in [-0.2, 0) is 6.54 Å². The standard InChI is InChI=1S/C12H21N3OS/c1-9(2)4-6-15(3)8-10-5-7-17-11(10)12(16)14-13/h5,7,9H,4,6,8,13H2,1-3H3,(H,14,16). The fourth-order valence-corrected chi connectivity index (χ4v) is 2.39. The van der Waals surface area contributed by atoms with Crippen LogP contribution in [0.25, 0.3) is 0 Å². The van der Waals surface area contributed by atoms with Crippen molar-refractivity contribution in [1.29, 1.82) is 0 Å². The minimum Gasteiger partial charge on any atom is -0.302 e. The molecule has 0 atom stereocenters. The van der Waals surface area contributed by atoms with E-state index in [4.69, 9.17) is 5.84 Å². The monoisotopic (exact) mass is 255 g/mol. The molecule has 0 aliphatic heterocycles. The van der Waals surface area contributed by atoms with Crippen LogP contribution in [0.1, 0.15) is 35.5 Å². The van der Waals surface area contributed by atoms with Crippen LogP contribution < -0.4 is 11.3 Å². The van der Waals surface area contributed by atoms with E-state index in [1.165, 1.54) is 17.8 Å². The normalized spacial score (nSPS) is 11.2. The Morgan fingerprint density at radius 1 is 1.59 bits per heavy atom. The van der Waals surface area contributed by atoms with E-state index in [9.17, 15) is 4.79 Å². The van der Waals surface area contributed by atoms with Gasteiger partial charge in [0.15, 0.2) is 0 Å². The Hall–Kier alpha value is -0.910. The maximum atomic E-state index is 11.5. The topological polar surface area (TPSA) is 58.4 Å². The van der Waals surface area contributed by atoms with Gasteiger partial charge in [-0.1, -0.05) is 13.8 Å². The van der Waals surface area contributed by atoms with Gasteiger partial charge in [-0.2, -0.15) is 0 Å². The van der Waals surface area contributed by atoms with Crippen LogP contribution in [0.4, 0.5) is 0 Å². The Morgan fingerprint density at radius 3 is 2.88 bits per heavy atom. The molecule has 0 saturated heterocycles. The average molecular weight is 255 g/mol. The van der Waals surface area contributed by atoms with Crippen LogP contribution in [0.3, 0.4) is 0 Å². The maximum absolute atomic E-state index is 11.5. The summed E-state index contributed by atoms with van der Waals surface area (Å²) in [4.78, 5) is 14.4. The van der Waals surface area contributed by atoms with Crippen molar-refractivity contribution in [2.24, 2.45) is 11.8 Å². The summed E-state index contributed by atoms with van der Waals surface area (Å²) in [6.07, 6.45) is 1.17. The number of hydrogen-bond acceptors (Lipinski definition) is 4. The Morgan fingerprint density at radius 2 is 2.29 bits per heavy atom. The zero-order valence-electron chi connectivity index (χ0n) is 10.7. The summed E-state index contributed by atoms with van der Waals surface area (Å²) in [5.74, 6) is 5.65. The van der Waals surface area contributed by atoms with Gasteiger partial charge in [-0.3, -0.25) is 10.2 Å². The Labute approximate surface area is 107 Å². The quantitative estimate of drug-likeness (QED) is 0.463. The molecule has 0 saturated carbocycles. The van der Waals surface area contributed by atoms with Crippen LogP contribution in [0, 0.1) is 5.92 Å². The summed E-state index contributed by atoms with van der Waals surface area (Å²) >= 11 is 1.43. The second-order valence-corrected chi connectivity index (χ2v) is 5.58. The molecule has 5 heteroatoms. The Bertz CT molecular complexity index is 362. The predicted octanol–water partition coefficient (Wildman–Crippen LogP) is 1.83. The van der Waals surface area contributed by atoms with Crippen LogP contribution >= 0.6 is 11.3 Å². The fourth-order valence-electron chi connectivity index (χ4n) is 1.57. The molecule has 0 bridgehead atoms. The Balaban J connectivity index is 2.56. The molecule has 0 spiro atoms.